The number of alkyl carbamates (subject to hydrolysis) is 1. The quantitative estimate of drug-likeness (QED) is 0.248. The Morgan fingerprint density at radius 2 is 1.63 bits per heavy atom. The number of ketones is 1. The van der Waals surface area contributed by atoms with Crippen molar-refractivity contribution in [2.75, 3.05) is 19.7 Å². The van der Waals surface area contributed by atoms with E-state index in [2.05, 4.69) is 5.32 Å². The molecule has 0 radical (unpaired) electrons. The average molecular weight is 741 g/mol. The molecule has 7 atom stereocenters. The van der Waals surface area contributed by atoms with E-state index < -0.39 is 27.8 Å². The molecule has 1 aliphatic heterocycles. The topological polar surface area (TPSA) is 111 Å². The zero-order valence-corrected chi connectivity index (χ0v) is 31.7. The number of benzene rings is 2. The lowest BCUT2D eigenvalue weighted by molar-refractivity contribution is -0.258. The first-order valence-corrected chi connectivity index (χ1v) is 20.8. The molecule has 2 aromatic rings. The molecular weight excluding hydrogens is 688 g/mol. The monoisotopic (exact) mass is 740 g/mol. The summed E-state index contributed by atoms with van der Waals surface area (Å²) in [4.78, 5) is 27.7. The number of rotatable bonds is 11. The van der Waals surface area contributed by atoms with Crippen LogP contribution in [0.3, 0.4) is 0 Å². The number of carbonyl (C=O) groups excluding carboxylic acids is 2. The number of amides is 1. The number of sulfonamides is 1. The number of ether oxygens (including phenoxy) is 3. The van der Waals surface area contributed by atoms with Crippen LogP contribution in [0.1, 0.15) is 91.4 Å². The van der Waals surface area contributed by atoms with Gasteiger partial charge in [-0.3, -0.25) is 4.79 Å². The molecule has 0 aromatic heterocycles. The Morgan fingerprint density at radius 3 is 2.29 bits per heavy atom. The Bertz CT molecular complexity index is 1670. The summed E-state index contributed by atoms with van der Waals surface area (Å²) in [5.41, 5.74) is -0.817. The minimum Gasteiger partial charge on any atom is -0.493 e. The molecule has 1 amide bonds. The fourth-order valence-corrected chi connectivity index (χ4v) is 11.9. The van der Waals surface area contributed by atoms with Crippen LogP contribution in [0.2, 0.25) is 5.02 Å². The highest BCUT2D eigenvalue weighted by Gasteiger charge is 2.73. The van der Waals surface area contributed by atoms with Gasteiger partial charge in [0.2, 0.25) is 10.0 Å². The molecule has 5 unspecified atom stereocenters. The summed E-state index contributed by atoms with van der Waals surface area (Å²) < 4.78 is 48.2. The van der Waals surface area contributed by atoms with Crippen LogP contribution in [0.15, 0.2) is 53.4 Å². The highest BCUT2D eigenvalue weighted by Crippen LogP contribution is 2.76. The first-order valence-electron chi connectivity index (χ1n) is 19.0. The van der Waals surface area contributed by atoms with Crippen molar-refractivity contribution in [3.05, 3.63) is 53.6 Å². The van der Waals surface area contributed by atoms with Crippen LogP contribution in [-0.4, -0.2) is 62.0 Å². The van der Waals surface area contributed by atoms with Crippen LogP contribution in [0.25, 0.3) is 0 Å². The summed E-state index contributed by atoms with van der Waals surface area (Å²) in [7, 11) is -4.01. The SMILES string of the molecule is CC(C)(C)OC(=O)NCC1CCC2C3CCC13C2C(=O)[C@@H]1C[C@@H](Oc2ccc(Cl)cc2)CCN1S(=O)(=O)c1ccc(OCC2CCCCC2)cc1. The number of hydrogen-bond donors (Lipinski definition) is 1. The zero-order chi connectivity index (χ0) is 36.0. The van der Waals surface area contributed by atoms with Crippen LogP contribution in [0, 0.1) is 35.0 Å². The lowest BCUT2D eigenvalue weighted by Crippen LogP contribution is -2.74. The molecular formula is C40H53ClN2O7S. The number of fused-ring (bicyclic) bond motifs is 2. The lowest BCUT2D eigenvalue weighted by Gasteiger charge is -2.75. The van der Waals surface area contributed by atoms with Gasteiger partial charge in [0.05, 0.1) is 17.5 Å². The molecule has 11 heteroatoms. The van der Waals surface area contributed by atoms with E-state index in [4.69, 9.17) is 25.8 Å². The molecule has 1 N–H and O–H groups in total. The average Bonchev–Trinajstić information content (AvgIpc) is 3.10. The third-order valence-electron chi connectivity index (χ3n) is 12.5. The second kappa shape index (κ2) is 14.5. The van der Waals surface area contributed by atoms with E-state index in [9.17, 15) is 18.0 Å². The maximum Gasteiger partial charge on any atom is 0.407 e. The summed E-state index contributed by atoms with van der Waals surface area (Å²) in [5, 5.41) is 3.59. The van der Waals surface area contributed by atoms with E-state index >= 15 is 0 Å². The van der Waals surface area contributed by atoms with E-state index in [1.807, 2.05) is 20.8 Å². The molecule has 2 aromatic carbocycles. The summed E-state index contributed by atoms with van der Waals surface area (Å²) in [6.07, 6.45) is 9.87. The van der Waals surface area contributed by atoms with Crippen LogP contribution < -0.4 is 14.8 Å². The minimum atomic E-state index is -4.01. The zero-order valence-electron chi connectivity index (χ0n) is 30.2. The molecule has 1 heterocycles. The highest BCUT2D eigenvalue weighted by atomic mass is 35.5. The fraction of sp³-hybridized carbons (Fsp3) is 0.650. The van der Waals surface area contributed by atoms with Gasteiger partial charge in [0, 0.05) is 30.5 Å². The summed E-state index contributed by atoms with van der Waals surface area (Å²) >= 11 is 6.11. The van der Waals surface area contributed by atoms with Crippen molar-refractivity contribution in [2.24, 2.45) is 35.0 Å². The van der Waals surface area contributed by atoms with Gasteiger partial charge in [0.25, 0.3) is 0 Å². The van der Waals surface area contributed by atoms with Crippen molar-refractivity contribution in [2.45, 2.75) is 114 Å². The Morgan fingerprint density at radius 1 is 0.922 bits per heavy atom. The van der Waals surface area contributed by atoms with Crippen LogP contribution >= 0.6 is 11.6 Å². The summed E-state index contributed by atoms with van der Waals surface area (Å²) in [6.45, 7) is 6.79. The third-order valence-corrected chi connectivity index (χ3v) is 14.7. The van der Waals surface area contributed by atoms with Gasteiger partial charge in [-0.25, -0.2) is 13.2 Å². The van der Waals surface area contributed by atoms with E-state index in [0.717, 1.165) is 25.7 Å². The van der Waals surface area contributed by atoms with E-state index in [-0.39, 0.29) is 52.9 Å². The van der Waals surface area contributed by atoms with Gasteiger partial charge in [-0.2, -0.15) is 4.31 Å². The van der Waals surface area contributed by atoms with E-state index in [0.29, 0.717) is 47.9 Å². The third kappa shape index (κ3) is 7.39. The smallest absolute Gasteiger partial charge is 0.407 e. The van der Waals surface area contributed by atoms with Gasteiger partial charge in [-0.1, -0.05) is 30.9 Å². The molecule has 51 heavy (non-hydrogen) atoms. The maximum atomic E-state index is 15.0. The Hall–Kier alpha value is -2.82. The van der Waals surface area contributed by atoms with E-state index in [1.54, 1.807) is 48.5 Å². The predicted octanol–water partition coefficient (Wildman–Crippen LogP) is 8.05. The number of halogens is 1. The van der Waals surface area contributed by atoms with Crippen LogP contribution in [0.5, 0.6) is 11.5 Å². The van der Waals surface area contributed by atoms with Crippen LogP contribution in [-0.2, 0) is 19.6 Å². The van der Waals surface area contributed by atoms with Crippen molar-refractivity contribution in [3.63, 3.8) is 0 Å². The number of hydrogen-bond acceptors (Lipinski definition) is 7. The van der Waals surface area contributed by atoms with Crippen molar-refractivity contribution < 1.29 is 32.2 Å². The number of carbonyl (C=O) groups is 2. The van der Waals surface area contributed by atoms with Gasteiger partial charge >= 0.3 is 6.09 Å². The molecule has 1 spiro atoms. The molecule has 6 aliphatic rings. The largest absolute Gasteiger partial charge is 0.493 e. The summed E-state index contributed by atoms with van der Waals surface area (Å²) in [5.74, 6) is 2.40. The second-order valence-corrected chi connectivity index (χ2v) is 18.9. The Labute approximate surface area is 308 Å². The Balaban J connectivity index is 1.11. The van der Waals surface area contributed by atoms with Crippen molar-refractivity contribution in [3.8, 4) is 11.5 Å². The molecule has 5 saturated carbocycles. The predicted molar refractivity (Wildman–Crippen MR) is 195 cm³/mol. The van der Waals surface area contributed by atoms with Gasteiger partial charge < -0.3 is 19.5 Å². The number of nitrogens with one attached hydrogen (secondary N) is 1. The summed E-state index contributed by atoms with van der Waals surface area (Å²) in [6, 6.07) is 13.0. The number of Topliss-reactive ketones (excluding diaryl/α,β-unsaturated/α-hetero) is 1. The van der Waals surface area contributed by atoms with Crippen LogP contribution in [0.4, 0.5) is 4.79 Å². The first-order chi connectivity index (χ1) is 24.3. The standard InChI is InChI=1S/C40H53ClN2O7S/c1-39(2,3)50-38(45)42-24-27-9-18-33-34-19-21-40(27,34)36(33)37(44)35-23-31(49-30-12-10-28(41)11-13-30)20-22-43(35)51(46,47)32-16-14-29(15-17-32)48-25-26-7-5-4-6-8-26/h10-17,26-27,31,33-36H,4-9,18-25H2,1-3H3,(H,42,45)/t27?,31-,33?,34?,35-,36?,40?/m0/s1. The molecule has 9 nitrogen and oxygen atoms in total. The normalized spacial score (nSPS) is 31.0. The van der Waals surface area contributed by atoms with Crippen molar-refractivity contribution in [1.29, 1.82) is 0 Å². The Kier molecular flexibility index (Phi) is 10.4. The fourth-order valence-electron chi connectivity index (χ4n) is 10.1. The van der Waals surface area contributed by atoms with Crippen molar-refractivity contribution >= 4 is 33.5 Å². The number of piperidine rings is 1. The molecule has 278 valence electrons. The van der Waals surface area contributed by atoms with Crippen molar-refractivity contribution in [1.82, 2.24) is 9.62 Å². The molecule has 2 bridgehead atoms. The molecule has 8 rings (SSSR count). The molecule has 6 fully saturated rings. The maximum absolute atomic E-state index is 15.0. The molecule has 1 saturated heterocycles. The molecule has 5 aliphatic carbocycles. The number of nitrogens with zero attached hydrogens (tertiary/aromatic N) is 1. The van der Waals surface area contributed by atoms with Gasteiger partial charge in [0.15, 0.2) is 5.78 Å². The lowest BCUT2D eigenvalue weighted by atomic mass is 9.29. The first kappa shape index (κ1) is 36.5. The van der Waals surface area contributed by atoms with Gasteiger partial charge in [-0.05, 0) is 143 Å². The minimum absolute atomic E-state index is 0.00154. The second-order valence-electron chi connectivity index (χ2n) is 16.6. The van der Waals surface area contributed by atoms with Gasteiger partial charge in [-0.15, -0.1) is 0 Å². The van der Waals surface area contributed by atoms with Gasteiger partial charge in [0.1, 0.15) is 23.2 Å². The van der Waals surface area contributed by atoms with E-state index in [1.165, 1.54) is 36.4 Å². The highest BCUT2D eigenvalue weighted by molar-refractivity contribution is 7.89.